The molecule has 1 aromatic carbocycles. The molecule has 1 aromatic rings. The Kier molecular flexibility index (Phi) is 5.20. The Balaban J connectivity index is 1.96. The van der Waals surface area contributed by atoms with Crippen molar-refractivity contribution in [1.29, 1.82) is 0 Å². The van der Waals surface area contributed by atoms with Gasteiger partial charge in [-0.1, -0.05) is 13.8 Å². The molecule has 1 saturated heterocycles. The normalized spacial score (nSPS) is 17.3. The highest BCUT2D eigenvalue weighted by Crippen LogP contribution is 2.26. The summed E-state index contributed by atoms with van der Waals surface area (Å²) in [6.07, 6.45) is 0.120. The number of nitrogens with zero attached hydrogens (tertiary/aromatic N) is 1. The van der Waals surface area contributed by atoms with E-state index in [4.69, 9.17) is 4.74 Å². The van der Waals surface area contributed by atoms with Crippen molar-refractivity contribution in [1.82, 2.24) is 10.9 Å². The zero-order valence-electron chi connectivity index (χ0n) is 13.5. The first-order valence-electron chi connectivity index (χ1n) is 7.46. The van der Waals surface area contributed by atoms with Crippen LogP contribution in [0.3, 0.4) is 0 Å². The average Bonchev–Trinajstić information content (AvgIpc) is 2.94. The number of benzene rings is 1. The molecule has 0 aromatic heterocycles. The zero-order valence-corrected chi connectivity index (χ0v) is 13.5. The highest BCUT2D eigenvalue weighted by atomic mass is 16.5. The van der Waals surface area contributed by atoms with Gasteiger partial charge in [0.2, 0.25) is 17.7 Å². The third-order valence-electron chi connectivity index (χ3n) is 3.71. The number of hydrazine groups is 1. The van der Waals surface area contributed by atoms with Crippen molar-refractivity contribution in [3.63, 3.8) is 0 Å². The summed E-state index contributed by atoms with van der Waals surface area (Å²) < 4.78 is 5.08. The van der Waals surface area contributed by atoms with Gasteiger partial charge in [0, 0.05) is 24.6 Å². The van der Waals surface area contributed by atoms with Gasteiger partial charge in [-0.2, -0.15) is 0 Å². The third-order valence-corrected chi connectivity index (χ3v) is 3.71. The van der Waals surface area contributed by atoms with E-state index < -0.39 is 5.92 Å². The lowest BCUT2D eigenvalue weighted by Gasteiger charge is -2.17. The maximum atomic E-state index is 12.1. The molecule has 23 heavy (non-hydrogen) atoms. The van der Waals surface area contributed by atoms with Crippen LogP contribution >= 0.6 is 0 Å². The fourth-order valence-electron chi connectivity index (χ4n) is 2.26. The summed E-state index contributed by atoms with van der Waals surface area (Å²) in [7, 11) is 1.57. The number of hydrogen-bond donors (Lipinski definition) is 2. The van der Waals surface area contributed by atoms with Crippen LogP contribution in [0.25, 0.3) is 0 Å². The minimum Gasteiger partial charge on any atom is -0.497 e. The molecule has 1 aliphatic heterocycles. The Labute approximate surface area is 135 Å². The standard InChI is InChI=1S/C16H21N3O4/c1-10(2)15(21)17-18-16(22)11-8-14(20)19(9-11)12-4-6-13(23-3)7-5-12/h4-7,10-11H,8-9H2,1-3H3,(H,17,21)(H,18,22)/t11-/m1/s1. The molecule has 124 valence electrons. The summed E-state index contributed by atoms with van der Waals surface area (Å²) >= 11 is 0. The molecule has 1 atom stereocenters. The van der Waals surface area contributed by atoms with Crippen LogP contribution in [0.4, 0.5) is 5.69 Å². The van der Waals surface area contributed by atoms with Gasteiger partial charge in [0.25, 0.3) is 0 Å². The minimum absolute atomic E-state index is 0.120. The van der Waals surface area contributed by atoms with Crippen molar-refractivity contribution < 1.29 is 19.1 Å². The number of rotatable bonds is 4. The molecule has 7 heteroatoms. The van der Waals surface area contributed by atoms with Gasteiger partial charge < -0.3 is 9.64 Å². The number of amides is 3. The number of anilines is 1. The van der Waals surface area contributed by atoms with Crippen molar-refractivity contribution in [2.45, 2.75) is 20.3 Å². The number of carbonyl (C=O) groups is 3. The molecule has 2 rings (SSSR count). The largest absolute Gasteiger partial charge is 0.497 e. The Morgan fingerprint density at radius 2 is 1.87 bits per heavy atom. The van der Waals surface area contributed by atoms with Gasteiger partial charge in [0.05, 0.1) is 13.0 Å². The highest BCUT2D eigenvalue weighted by Gasteiger charge is 2.35. The van der Waals surface area contributed by atoms with Gasteiger partial charge >= 0.3 is 0 Å². The second-order valence-electron chi connectivity index (χ2n) is 5.74. The topological polar surface area (TPSA) is 87.7 Å². The molecule has 3 amide bonds. The molecule has 1 heterocycles. The van der Waals surface area contributed by atoms with E-state index in [1.165, 1.54) is 0 Å². The third kappa shape index (κ3) is 4.00. The molecule has 0 bridgehead atoms. The van der Waals surface area contributed by atoms with E-state index in [0.29, 0.717) is 5.75 Å². The first-order valence-corrected chi connectivity index (χ1v) is 7.46. The van der Waals surface area contributed by atoms with E-state index in [2.05, 4.69) is 10.9 Å². The van der Waals surface area contributed by atoms with Crippen molar-refractivity contribution in [3.05, 3.63) is 24.3 Å². The quantitative estimate of drug-likeness (QED) is 0.806. The molecule has 1 fully saturated rings. The van der Waals surface area contributed by atoms with Gasteiger partial charge in [0.15, 0.2) is 0 Å². The maximum absolute atomic E-state index is 12.1. The first kappa shape index (κ1) is 16.8. The lowest BCUT2D eigenvalue weighted by atomic mass is 10.1. The monoisotopic (exact) mass is 319 g/mol. The van der Waals surface area contributed by atoms with Gasteiger partial charge in [-0.05, 0) is 24.3 Å². The van der Waals surface area contributed by atoms with Crippen LogP contribution in [0.1, 0.15) is 20.3 Å². The summed E-state index contributed by atoms with van der Waals surface area (Å²) in [6, 6.07) is 7.08. The number of ether oxygens (including phenoxy) is 1. The molecular weight excluding hydrogens is 298 g/mol. The van der Waals surface area contributed by atoms with Crippen molar-refractivity contribution in [2.75, 3.05) is 18.6 Å². The van der Waals surface area contributed by atoms with Crippen LogP contribution in [0.15, 0.2) is 24.3 Å². The highest BCUT2D eigenvalue weighted by molar-refractivity contribution is 6.00. The molecule has 0 spiro atoms. The summed E-state index contributed by atoms with van der Waals surface area (Å²) in [4.78, 5) is 37.2. The van der Waals surface area contributed by atoms with E-state index in [0.717, 1.165) is 5.69 Å². The van der Waals surface area contributed by atoms with Crippen molar-refractivity contribution in [2.24, 2.45) is 11.8 Å². The zero-order chi connectivity index (χ0) is 17.0. The second kappa shape index (κ2) is 7.13. The Morgan fingerprint density at radius 3 is 2.43 bits per heavy atom. The second-order valence-corrected chi connectivity index (χ2v) is 5.74. The summed E-state index contributed by atoms with van der Waals surface area (Å²) in [5.74, 6) is -0.761. The van der Waals surface area contributed by atoms with Crippen LogP contribution in [-0.2, 0) is 14.4 Å². The fraction of sp³-hybridized carbons (Fsp3) is 0.438. The Morgan fingerprint density at radius 1 is 1.22 bits per heavy atom. The molecule has 7 nitrogen and oxygen atoms in total. The summed E-state index contributed by atoms with van der Waals surface area (Å²) in [6.45, 7) is 3.74. The van der Waals surface area contributed by atoms with Gasteiger partial charge in [-0.25, -0.2) is 0 Å². The number of nitrogens with one attached hydrogen (secondary N) is 2. The Hall–Kier alpha value is -2.57. The smallest absolute Gasteiger partial charge is 0.243 e. The molecule has 0 unspecified atom stereocenters. The lowest BCUT2D eigenvalue weighted by molar-refractivity contribution is -0.132. The fourth-order valence-corrected chi connectivity index (χ4v) is 2.26. The minimum atomic E-state index is -0.489. The maximum Gasteiger partial charge on any atom is 0.243 e. The van der Waals surface area contributed by atoms with Gasteiger partial charge in [-0.15, -0.1) is 0 Å². The number of hydrogen-bond acceptors (Lipinski definition) is 4. The lowest BCUT2D eigenvalue weighted by Crippen LogP contribution is -2.46. The first-order chi connectivity index (χ1) is 10.9. The predicted octanol–water partition coefficient (Wildman–Crippen LogP) is 0.851. The van der Waals surface area contributed by atoms with Gasteiger partial charge in [-0.3, -0.25) is 25.2 Å². The van der Waals surface area contributed by atoms with Crippen LogP contribution < -0.4 is 20.5 Å². The van der Waals surface area contributed by atoms with Crippen LogP contribution in [0.2, 0.25) is 0 Å². The van der Waals surface area contributed by atoms with Crippen molar-refractivity contribution in [3.8, 4) is 5.75 Å². The molecule has 2 N–H and O–H groups in total. The Bertz CT molecular complexity index is 598. The average molecular weight is 319 g/mol. The van der Waals surface area contributed by atoms with E-state index in [1.807, 2.05) is 0 Å². The van der Waals surface area contributed by atoms with Crippen LogP contribution in [0, 0.1) is 11.8 Å². The van der Waals surface area contributed by atoms with E-state index >= 15 is 0 Å². The summed E-state index contributed by atoms with van der Waals surface area (Å²) in [5.41, 5.74) is 5.46. The molecular formula is C16H21N3O4. The predicted molar refractivity (Wildman–Crippen MR) is 84.6 cm³/mol. The van der Waals surface area contributed by atoms with Crippen molar-refractivity contribution >= 4 is 23.4 Å². The van der Waals surface area contributed by atoms with E-state index in [-0.39, 0.29) is 36.6 Å². The number of carbonyl (C=O) groups excluding carboxylic acids is 3. The van der Waals surface area contributed by atoms with E-state index in [1.54, 1.807) is 50.1 Å². The molecule has 0 saturated carbocycles. The SMILES string of the molecule is COc1ccc(N2C[C@H](C(=O)NNC(=O)C(C)C)CC2=O)cc1. The van der Waals surface area contributed by atoms with Crippen LogP contribution in [-0.4, -0.2) is 31.4 Å². The van der Waals surface area contributed by atoms with Gasteiger partial charge in [0.1, 0.15) is 5.75 Å². The van der Waals surface area contributed by atoms with Crippen LogP contribution in [0.5, 0.6) is 5.75 Å². The molecule has 0 aliphatic carbocycles. The molecule has 0 radical (unpaired) electrons. The molecule has 1 aliphatic rings. The number of methoxy groups -OCH3 is 1. The summed E-state index contributed by atoms with van der Waals surface area (Å²) in [5, 5.41) is 0. The van der Waals surface area contributed by atoms with E-state index in [9.17, 15) is 14.4 Å².